The van der Waals surface area contributed by atoms with E-state index >= 15 is 0 Å². The molecule has 0 aromatic heterocycles. The van der Waals surface area contributed by atoms with Crippen molar-refractivity contribution in [1.29, 1.82) is 0 Å². The molecule has 120 valence electrons. The Balaban J connectivity index is 2.19. The van der Waals surface area contributed by atoms with Crippen LogP contribution in [0.1, 0.15) is 58.4 Å². The summed E-state index contributed by atoms with van der Waals surface area (Å²) in [4.78, 5) is 23.4. The Labute approximate surface area is 133 Å². The summed E-state index contributed by atoms with van der Waals surface area (Å²) in [6.45, 7) is 6.11. The molecule has 2 atom stereocenters. The van der Waals surface area contributed by atoms with Crippen molar-refractivity contribution < 1.29 is 14.3 Å². The summed E-state index contributed by atoms with van der Waals surface area (Å²) in [5.41, 5.74) is 1.17. The van der Waals surface area contributed by atoms with Crippen LogP contribution in [0.15, 0.2) is 30.3 Å². The van der Waals surface area contributed by atoms with E-state index in [0.29, 0.717) is 0 Å². The minimum absolute atomic E-state index is 0.0815. The summed E-state index contributed by atoms with van der Waals surface area (Å²) in [5.74, 6) is -0.845. The number of ketones is 1. The highest BCUT2D eigenvalue weighted by Crippen LogP contribution is 2.42. The van der Waals surface area contributed by atoms with Gasteiger partial charge >= 0.3 is 5.97 Å². The van der Waals surface area contributed by atoms with Gasteiger partial charge in [0, 0.05) is 12.3 Å². The lowest BCUT2D eigenvalue weighted by Crippen LogP contribution is -2.42. The normalized spacial score (nSPS) is 22.1. The van der Waals surface area contributed by atoms with E-state index in [0.717, 1.165) is 25.7 Å². The maximum atomic E-state index is 11.9. The van der Waals surface area contributed by atoms with Gasteiger partial charge in [-0.2, -0.15) is 0 Å². The monoisotopic (exact) mass is 302 g/mol. The number of hydrogen-bond acceptors (Lipinski definition) is 3. The Morgan fingerprint density at radius 3 is 2.41 bits per heavy atom. The third kappa shape index (κ3) is 3.57. The highest BCUT2D eigenvalue weighted by atomic mass is 16.5. The topological polar surface area (TPSA) is 43.4 Å². The van der Waals surface area contributed by atoms with Gasteiger partial charge in [-0.1, -0.05) is 57.5 Å². The molecule has 1 aromatic carbocycles. The summed E-state index contributed by atoms with van der Waals surface area (Å²) in [6, 6.07) is 10.4. The number of carbonyl (C=O) groups excluding carboxylic acids is 2. The number of Topliss-reactive ketones (excluding diaryl/α,β-unsaturated/α-hetero) is 1. The van der Waals surface area contributed by atoms with Gasteiger partial charge in [0.1, 0.15) is 6.10 Å². The van der Waals surface area contributed by atoms with Crippen LogP contribution in [-0.2, 0) is 19.7 Å². The van der Waals surface area contributed by atoms with E-state index in [-0.39, 0.29) is 23.9 Å². The van der Waals surface area contributed by atoms with Crippen LogP contribution in [0.2, 0.25) is 0 Å². The Morgan fingerprint density at radius 2 is 1.77 bits per heavy atom. The smallest absolute Gasteiger partial charge is 0.374 e. The second kappa shape index (κ2) is 7.08. The number of benzene rings is 1. The minimum Gasteiger partial charge on any atom is -0.456 e. The first-order valence-electron chi connectivity index (χ1n) is 8.26. The van der Waals surface area contributed by atoms with Gasteiger partial charge in [0.15, 0.2) is 0 Å². The molecule has 1 aromatic rings. The molecule has 0 N–H and O–H groups in total. The largest absolute Gasteiger partial charge is 0.456 e. The lowest BCUT2D eigenvalue weighted by molar-refractivity contribution is -0.162. The van der Waals surface area contributed by atoms with Crippen molar-refractivity contribution in [3.63, 3.8) is 0 Å². The van der Waals surface area contributed by atoms with Gasteiger partial charge in [-0.15, -0.1) is 0 Å². The molecule has 22 heavy (non-hydrogen) atoms. The first kappa shape index (κ1) is 16.7. The summed E-state index contributed by atoms with van der Waals surface area (Å²) < 4.78 is 5.58. The average Bonchev–Trinajstić information content (AvgIpc) is 2.55. The molecular weight excluding hydrogens is 276 g/mol. The number of esters is 1. The lowest BCUT2D eigenvalue weighted by Gasteiger charge is -2.42. The van der Waals surface area contributed by atoms with Crippen LogP contribution in [0.3, 0.4) is 0 Å². The molecule has 0 saturated heterocycles. The van der Waals surface area contributed by atoms with E-state index < -0.39 is 11.8 Å². The second-order valence-electron chi connectivity index (χ2n) is 6.70. The molecule has 1 fully saturated rings. The highest BCUT2D eigenvalue weighted by Gasteiger charge is 2.40. The molecule has 0 radical (unpaired) electrons. The molecule has 0 aliphatic heterocycles. The summed E-state index contributed by atoms with van der Waals surface area (Å²) >= 11 is 0. The maximum Gasteiger partial charge on any atom is 0.374 e. The molecular formula is C19H26O3. The predicted octanol–water partition coefficient (Wildman–Crippen LogP) is 4.05. The average molecular weight is 302 g/mol. The Hall–Kier alpha value is -1.64. The number of rotatable bonds is 5. The Kier molecular flexibility index (Phi) is 5.38. The summed E-state index contributed by atoms with van der Waals surface area (Å²) in [7, 11) is 0. The van der Waals surface area contributed by atoms with Gasteiger partial charge in [-0.25, -0.2) is 4.79 Å². The lowest BCUT2D eigenvalue weighted by atomic mass is 9.66. The van der Waals surface area contributed by atoms with E-state index in [1.807, 2.05) is 18.2 Å². The fourth-order valence-corrected chi connectivity index (χ4v) is 3.49. The molecule has 0 unspecified atom stereocenters. The molecule has 1 saturated carbocycles. The fourth-order valence-electron chi connectivity index (χ4n) is 3.49. The molecule has 2 rings (SSSR count). The van der Waals surface area contributed by atoms with Gasteiger partial charge in [0.2, 0.25) is 5.78 Å². The van der Waals surface area contributed by atoms with E-state index in [1.54, 1.807) is 6.92 Å². The van der Waals surface area contributed by atoms with Crippen molar-refractivity contribution in [2.75, 3.05) is 0 Å². The predicted molar refractivity (Wildman–Crippen MR) is 86.6 cm³/mol. The van der Waals surface area contributed by atoms with E-state index in [9.17, 15) is 9.59 Å². The van der Waals surface area contributed by atoms with Gasteiger partial charge in [-0.05, 0) is 30.2 Å². The van der Waals surface area contributed by atoms with Gasteiger partial charge in [-0.3, -0.25) is 4.79 Å². The van der Waals surface area contributed by atoms with Gasteiger partial charge in [0.25, 0.3) is 0 Å². The van der Waals surface area contributed by atoms with E-state index in [4.69, 9.17) is 4.74 Å². The molecule has 3 nitrogen and oxygen atoms in total. The highest BCUT2D eigenvalue weighted by molar-refractivity contribution is 6.33. The van der Waals surface area contributed by atoms with Crippen LogP contribution in [0.4, 0.5) is 0 Å². The van der Waals surface area contributed by atoms with Crippen molar-refractivity contribution >= 4 is 11.8 Å². The molecule has 0 amide bonds. The third-order valence-electron chi connectivity index (χ3n) is 4.95. The van der Waals surface area contributed by atoms with Crippen LogP contribution >= 0.6 is 0 Å². The van der Waals surface area contributed by atoms with Crippen molar-refractivity contribution in [2.24, 2.45) is 5.92 Å². The zero-order valence-corrected chi connectivity index (χ0v) is 13.8. The quantitative estimate of drug-likeness (QED) is 0.609. The van der Waals surface area contributed by atoms with Crippen molar-refractivity contribution in [1.82, 2.24) is 0 Å². The van der Waals surface area contributed by atoms with Crippen LogP contribution < -0.4 is 0 Å². The van der Waals surface area contributed by atoms with Crippen molar-refractivity contribution in [2.45, 2.75) is 64.4 Å². The molecule has 1 aliphatic carbocycles. The fraction of sp³-hybridized carbons (Fsp3) is 0.579. The first-order chi connectivity index (χ1) is 10.5. The van der Waals surface area contributed by atoms with E-state index in [1.165, 1.54) is 5.56 Å². The van der Waals surface area contributed by atoms with Crippen LogP contribution in [0.25, 0.3) is 0 Å². The Morgan fingerprint density at radius 1 is 1.14 bits per heavy atom. The standard InChI is InChI=1S/C19H26O3/c1-4-16(20)18(21)22-17-13-9-8-12-15(17)19(2,3)14-10-6-5-7-11-14/h5-7,10-11,15,17H,4,8-9,12-13H2,1-3H3/t15-,17-/m0/s1. The molecule has 1 aliphatic rings. The number of hydrogen-bond donors (Lipinski definition) is 0. The third-order valence-corrected chi connectivity index (χ3v) is 4.95. The zero-order valence-electron chi connectivity index (χ0n) is 13.8. The Bertz CT molecular complexity index is 519. The zero-order chi connectivity index (χ0) is 16.2. The first-order valence-corrected chi connectivity index (χ1v) is 8.26. The maximum absolute atomic E-state index is 11.9. The van der Waals surface area contributed by atoms with Gasteiger partial charge in [0.05, 0.1) is 0 Å². The summed E-state index contributed by atoms with van der Waals surface area (Å²) in [5, 5.41) is 0. The number of carbonyl (C=O) groups is 2. The van der Waals surface area contributed by atoms with Crippen LogP contribution in [0, 0.1) is 5.92 Å². The van der Waals surface area contributed by atoms with Crippen molar-refractivity contribution in [3.05, 3.63) is 35.9 Å². The van der Waals surface area contributed by atoms with Crippen molar-refractivity contribution in [3.8, 4) is 0 Å². The molecule has 0 bridgehead atoms. The number of ether oxygens (including phenoxy) is 1. The minimum atomic E-state index is -0.664. The van der Waals surface area contributed by atoms with E-state index in [2.05, 4.69) is 26.0 Å². The van der Waals surface area contributed by atoms with Crippen LogP contribution in [-0.4, -0.2) is 17.9 Å². The molecule has 0 spiro atoms. The SMILES string of the molecule is CCC(=O)C(=O)O[C@H]1CCCC[C@@H]1C(C)(C)c1ccccc1. The van der Waals surface area contributed by atoms with Crippen LogP contribution in [0.5, 0.6) is 0 Å². The molecule has 0 heterocycles. The van der Waals surface area contributed by atoms with Gasteiger partial charge < -0.3 is 4.74 Å². The molecule has 3 heteroatoms. The summed E-state index contributed by atoms with van der Waals surface area (Å²) in [6.07, 6.45) is 4.13. The second-order valence-corrected chi connectivity index (χ2v) is 6.70.